The minimum Gasteiger partial charge on any atom is -0.501 e. The van der Waals surface area contributed by atoms with Crippen molar-refractivity contribution in [3.05, 3.63) is 52.8 Å². The molecule has 0 saturated heterocycles. The molecular weight excluding hydrogens is 536 g/mol. The monoisotopic (exact) mass is 578 g/mol. The Hall–Kier alpha value is -3.37. The second-order valence-electron chi connectivity index (χ2n) is 8.62. The third kappa shape index (κ3) is 10.7. The average molecular weight is 579 g/mol. The van der Waals surface area contributed by atoms with Crippen molar-refractivity contribution in [1.82, 2.24) is 16.2 Å². The second kappa shape index (κ2) is 18.8. The Bertz CT molecular complexity index is 1040. The summed E-state index contributed by atoms with van der Waals surface area (Å²) in [5, 5.41) is 7.09. The van der Waals surface area contributed by atoms with Crippen molar-refractivity contribution in [2.45, 2.75) is 59.4 Å². The zero-order chi connectivity index (χ0) is 30.1. The van der Waals surface area contributed by atoms with Gasteiger partial charge in [0.1, 0.15) is 0 Å². The number of rotatable bonds is 8. The van der Waals surface area contributed by atoms with E-state index < -0.39 is 11.9 Å². The summed E-state index contributed by atoms with van der Waals surface area (Å²) in [6.45, 7) is 8.30. The van der Waals surface area contributed by atoms with Crippen LogP contribution in [0.1, 0.15) is 65.0 Å². The molecular formula is C29H43ClN4O6. The van der Waals surface area contributed by atoms with E-state index in [2.05, 4.69) is 33.6 Å². The summed E-state index contributed by atoms with van der Waals surface area (Å²) in [7, 11) is 2.98. The molecule has 3 amide bonds. The summed E-state index contributed by atoms with van der Waals surface area (Å²) in [5.41, 5.74) is 5.90. The maximum atomic E-state index is 12.0. The predicted octanol–water partition coefficient (Wildman–Crippen LogP) is 4.43. The number of methoxy groups -OCH3 is 2. The third-order valence-electron chi connectivity index (χ3n) is 6.25. The number of ether oxygens (including phenoxy) is 2. The van der Waals surface area contributed by atoms with E-state index in [9.17, 15) is 19.2 Å². The highest BCUT2D eigenvalue weighted by atomic mass is 35.5. The molecule has 40 heavy (non-hydrogen) atoms. The third-order valence-corrected chi connectivity index (χ3v) is 6.48. The van der Waals surface area contributed by atoms with Gasteiger partial charge in [-0.15, -0.1) is 0 Å². The Balaban J connectivity index is 0.000000427. The van der Waals surface area contributed by atoms with E-state index >= 15 is 0 Å². The molecule has 3 unspecified atom stereocenters. The molecule has 0 bridgehead atoms. The normalized spacial score (nSPS) is 20.4. The molecule has 10 nitrogen and oxygen atoms in total. The second-order valence-corrected chi connectivity index (χ2v) is 9.06. The summed E-state index contributed by atoms with van der Waals surface area (Å²) in [5.74, 6) is 1.36. The van der Waals surface area contributed by atoms with Crippen LogP contribution in [0.4, 0.5) is 5.69 Å². The Kier molecular flexibility index (Phi) is 16.3. The number of halogens is 1. The van der Waals surface area contributed by atoms with Gasteiger partial charge in [0, 0.05) is 35.0 Å². The summed E-state index contributed by atoms with van der Waals surface area (Å²) >= 11 is 6.24. The fraction of sp³-hybridized carbons (Fsp3) is 0.517. The van der Waals surface area contributed by atoms with Gasteiger partial charge in [0.2, 0.25) is 18.2 Å². The lowest BCUT2D eigenvalue weighted by atomic mass is 9.76. The largest absolute Gasteiger partial charge is 0.501 e. The van der Waals surface area contributed by atoms with Crippen molar-refractivity contribution in [3.8, 4) is 0 Å². The molecule has 3 atom stereocenters. The van der Waals surface area contributed by atoms with Gasteiger partial charge in [-0.25, -0.2) is 0 Å². The van der Waals surface area contributed by atoms with Crippen molar-refractivity contribution in [2.75, 3.05) is 26.1 Å². The first-order chi connectivity index (χ1) is 19.4. The smallest absolute Gasteiger partial charge is 0.306 e. The van der Waals surface area contributed by atoms with Crippen molar-refractivity contribution < 1.29 is 28.7 Å². The lowest BCUT2D eigenvalue weighted by Gasteiger charge is -2.35. The molecule has 0 spiro atoms. The molecule has 1 aliphatic heterocycles. The van der Waals surface area contributed by atoms with Gasteiger partial charge in [0.15, 0.2) is 0 Å². The van der Waals surface area contributed by atoms with Gasteiger partial charge in [0.05, 0.1) is 32.9 Å². The number of esters is 1. The van der Waals surface area contributed by atoms with Crippen LogP contribution in [-0.4, -0.2) is 45.0 Å². The zero-order valence-corrected chi connectivity index (χ0v) is 25.0. The highest BCUT2D eigenvalue weighted by molar-refractivity contribution is 6.30. The van der Waals surface area contributed by atoms with Crippen molar-refractivity contribution in [2.24, 2.45) is 17.8 Å². The van der Waals surface area contributed by atoms with Gasteiger partial charge < -0.3 is 20.1 Å². The number of fused-ring (bicyclic) bond motifs is 1. The minimum absolute atomic E-state index is 0.00285. The fourth-order valence-corrected chi connectivity index (χ4v) is 4.65. The molecule has 1 aromatic carbocycles. The molecule has 1 saturated carbocycles. The summed E-state index contributed by atoms with van der Waals surface area (Å²) in [4.78, 5) is 42.9. The van der Waals surface area contributed by atoms with E-state index in [1.54, 1.807) is 7.11 Å². The standard InChI is InChI=1S/C19H21ClN2O2.C6H10N2O4.2C2H6/c1-24-16-4-2-3-13(18(16)11-5-6-11)19-14-9-12(20)7-8-15(14)22-17(23)10-21-19;1-12-6(11)3-2-5(10)8-7-4-9;2*1-2/h2-4,7-9,11,13,18-19,21H,5-6,10H2,1H3,(H,22,23);4H,2-3H2,1H3,(H,7,9)(H,8,10);2*1-2H3. The number of benzene rings is 1. The maximum absolute atomic E-state index is 12.0. The van der Waals surface area contributed by atoms with Crippen LogP contribution in [0.2, 0.25) is 5.02 Å². The minimum atomic E-state index is -0.462. The quantitative estimate of drug-likeness (QED) is 0.203. The predicted molar refractivity (Wildman–Crippen MR) is 156 cm³/mol. The lowest BCUT2D eigenvalue weighted by Crippen LogP contribution is -2.36. The highest BCUT2D eigenvalue weighted by Crippen LogP contribution is 2.50. The zero-order valence-electron chi connectivity index (χ0n) is 24.2. The first kappa shape index (κ1) is 34.7. The van der Waals surface area contributed by atoms with E-state index in [0.717, 1.165) is 17.0 Å². The Morgan fingerprint density at radius 3 is 2.42 bits per heavy atom. The molecule has 1 fully saturated rings. The number of nitrogens with one attached hydrogen (secondary N) is 4. The van der Waals surface area contributed by atoms with Crippen LogP contribution in [0.5, 0.6) is 0 Å². The van der Waals surface area contributed by atoms with Gasteiger partial charge in [-0.3, -0.25) is 30.0 Å². The van der Waals surface area contributed by atoms with Gasteiger partial charge in [-0.1, -0.05) is 51.4 Å². The van der Waals surface area contributed by atoms with Gasteiger partial charge in [-0.05, 0) is 48.6 Å². The van der Waals surface area contributed by atoms with Crippen molar-refractivity contribution in [3.63, 3.8) is 0 Å². The molecule has 4 rings (SSSR count). The van der Waals surface area contributed by atoms with E-state index in [1.807, 2.05) is 56.7 Å². The van der Waals surface area contributed by atoms with Crippen molar-refractivity contribution in [1.29, 1.82) is 0 Å². The van der Waals surface area contributed by atoms with Crippen LogP contribution in [-0.2, 0) is 28.7 Å². The van der Waals surface area contributed by atoms with Crippen LogP contribution in [0.25, 0.3) is 0 Å². The van der Waals surface area contributed by atoms with Gasteiger partial charge in [-0.2, -0.15) is 0 Å². The number of hydrogen-bond acceptors (Lipinski definition) is 7. The molecule has 11 heteroatoms. The summed E-state index contributed by atoms with van der Waals surface area (Å²) < 4.78 is 9.96. The van der Waals surface area contributed by atoms with Gasteiger partial charge in [0.25, 0.3) is 0 Å². The van der Waals surface area contributed by atoms with E-state index in [4.69, 9.17) is 16.3 Å². The molecule has 0 aromatic heterocycles. The molecule has 4 N–H and O–H groups in total. The topological polar surface area (TPSA) is 135 Å². The van der Waals surface area contributed by atoms with Gasteiger partial charge >= 0.3 is 5.97 Å². The number of carbonyl (C=O) groups excluding carboxylic acids is 4. The number of anilines is 1. The van der Waals surface area contributed by atoms with Crippen molar-refractivity contribution >= 4 is 41.5 Å². The highest BCUT2D eigenvalue weighted by Gasteiger charge is 2.44. The van der Waals surface area contributed by atoms with Crippen LogP contribution < -0.4 is 21.5 Å². The van der Waals surface area contributed by atoms with Crippen LogP contribution in [0.15, 0.2) is 42.2 Å². The summed E-state index contributed by atoms with van der Waals surface area (Å²) in [6.07, 6.45) is 9.17. The van der Waals surface area contributed by atoms with Crippen LogP contribution in [0.3, 0.4) is 0 Å². The number of allylic oxidation sites excluding steroid dienone is 3. The lowest BCUT2D eigenvalue weighted by molar-refractivity contribution is -0.142. The van der Waals surface area contributed by atoms with Crippen LogP contribution >= 0.6 is 11.6 Å². The first-order valence-corrected chi connectivity index (χ1v) is 14.1. The average Bonchev–Trinajstić information content (AvgIpc) is 3.84. The Morgan fingerprint density at radius 2 is 1.82 bits per heavy atom. The van der Waals surface area contributed by atoms with E-state index in [-0.39, 0.29) is 30.7 Å². The molecule has 222 valence electrons. The first-order valence-electron chi connectivity index (χ1n) is 13.7. The SMILES string of the molecule is CC.CC.COC(=O)CCC(=O)NNC=O.COC1=CC=CC(C2NCC(=O)Nc3ccc(Cl)cc32)C1C1CC1. The van der Waals surface area contributed by atoms with E-state index in [0.29, 0.717) is 29.8 Å². The summed E-state index contributed by atoms with van der Waals surface area (Å²) in [6, 6.07) is 5.70. The molecule has 0 radical (unpaired) electrons. The fourth-order valence-electron chi connectivity index (χ4n) is 4.47. The number of carbonyl (C=O) groups is 4. The molecule has 3 aliphatic rings. The molecule has 2 aliphatic carbocycles. The number of hydrogen-bond donors (Lipinski definition) is 4. The van der Waals surface area contributed by atoms with Crippen LogP contribution in [0, 0.1) is 17.8 Å². The Morgan fingerprint density at radius 1 is 1.12 bits per heavy atom. The number of amides is 3. The maximum Gasteiger partial charge on any atom is 0.306 e. The number of hydrazine groups is 1. The van der Waals surface area contributed by atoms with E-state index in [1.165, 1.54) is 20.0 Å². The molecule has 1 heterocycles. The Labute approximate surface area is 242 Å². The molecule has 1 aromatic rings.